The van der Waals surface area contributed by atoms with Crippen LogP contribution < -0.4 is 5.32 Å². The van der Waals surface area contributed by atoms with Crippen LogP contribution in [0, 0.1) is 5.82 Å². The van der Waals surface area contributed by atoms with Crippen molar-refractivity contribution >= 4 is 5.69 Å². The van der Waals surface area contributed by atoms with Crippen LogP contribution in [0.15, 0.2) is 48.5 Å². The van der Waals surface area contributed by atoms with E-state index in [0.29, 0.717) is 5.92 Å². The molecule has 1 unspecified atom stereocenters. The highest BCUT2D eigenvalue weighted by atomic mass is 19.1. The topological polar surface area (TPSA) is 12.0 Å². The highest BCUT2D eigenvalue weighted by Gasteiger charge is 2.10. The minimum absolute atomic E-state index is 0.189. The van der Waals surface area contributed by atoms with Crippen LogP contribution >= 0.6 is 0 Å². The molecular weight excluding hydrogens is 249 g/mol. The minimum Gasteiger partial charge on any atom is -0.378 e. The van der Waals surface area contributed by atoms with Crippen molar-refractivity contribution in [2.75, 3.05) is 5.32 Å². The minimum atomic E-state index is -0.189. The Bertz CT molecular complexity index is 546. The predicted molar refractivity (Wildman–Crippen MR) is 83.6 cm³/mol. The van der Waals surface area contributed by atoms with Gasteiger partial charge in [-0.3, -0.25) is 0 Å². The summed E-state index contributed by atoms with van der Waals surface area (Å²) in [6.07, 6.45) is 0.956. The van der Waals surface area contributed by atoms with Crippen molar-refractivity contribution in [3.05, 3.63) is 65.5 Å². The normalized spacial score (nSPS) is 12.4. The quantitative estimate of drug-likeness (QED) is 0.755. The van der Waals surface area contributed by atoms with Gasteiger partial charge in [-0.25, -0.2) is 4.39 Å². The molecule has 0 fully saturated rings. The van der Waals surface area contributed by atoms with Crippen LogP contribution in [0.2, 0.25) is 0 Å². The standard InChI is InChI=1S/C18H22FN/c1-4-18(14-8-10-16(19)11-9-14)20-17-7-5-6-15(12-17)13(2)3/h5-13,18,20H,4H2,1-3H3. The fraction of sp³-hybridized carbons (Fsp3) is 0.333. The third kappa shape index (κ3) is 3.60. The van der Waals surface area contributed by atoms with Crippen molar-refractivity contribution in [1.29, 1.82) is 0 Å². The highest BCUT2D eigenvalue weighted by Crippen LogP contribution is 2.25. The van der Waals surface area contributed by atoms with E-state index in [4.69, 9.17) is 0 Å². The van der Waals surface area contributed by atoms with E-state index in [0.717, 1.165) is 17.7 Å². The zero-order valence-corrected chi connectivity index (χ0v) is 12.4. The Morgan fingerprint density at radius 3 is 2.30 bits per heavy atom. The number of hydrogen-bond donors (Lipinski definition) is 1. The molecule has 2 rings (SSSR count). The number of nitrogens with one attached hydrogen (secondary N) is 1. The molecule has 0 aliphatic carbocycles. The summed E-state index contributed by atoms with van der Waals surface area (Å²) >= 11 is 0. The number of halogens is 1. The molecule has 0 aliphatic heterocycles. The summed E-state index contributed by atoms with van der Waals surface area (Å²) in [6, 6.07) is 15.4. The first-order valence-corrected chi connectivity index (χ1v) is 7.22. The van der Waals surface area contributed by atoms with Gasteiger partial charge in [-0.1, -0.05) is 45.0 Å². The molecule has 0 saturated carbocycles. The average Bonchev–Trinajstić information content (AvgIpc) is 2.46. The summed E-state index contributed by atoms with van der Waals surface area (Å²) in [5, 5.41) is 3.54. The summed E-state index contributed by atoms with van der Waals surface area (Å²) < 4.78 is 13.0. The lowest BCUT2D eigenvalue weighted by atomic mass is 10.0. The van der Waals surface area contributed by atoms with Gasteiger partial charge in [0.25, 0.3) is 0 Å². The maximum Gasteiger partial charge on any atom is 0.123 e. The van der Waals surface area contributed by atoms with E-state index in [1.54, 1.807) is 0 Å². The van der Waals surface area contributed by atoms with Gasteiger partial charge >= 0.3 is 0 Å². The van der Waals surface area contributed by atoms with E-state index in [1.807, 2.05) is 12.1 Å². The van der Waals surface area contributed by atoms with E-state index in [1.165, 1.54) is 17.7 Å². The lowest BCUT2D eigenvalue weighted by molar-refractivity contribution is 0.625. The number of benzene rings is 2. The van der Waals surface area contributed by atoms with Gasteiger partial charge in [0.2, 0.25) is 0 Å². The Balaban J connectivity index is 2.17. The van der Waals surface area contributed by atoms with Crippen molar-refractivity contribution in [2.24, 2.45) is 0 Å². The molecule has 0 amide bonds. The molecule has 0 saturated heterocycles. The van der Waals surface area contributed by atoms with Crippen LogP contribution in [0.3, 0.4) is 0 Å². The molecule has 20 heavy (non-hydrogen) atoms. The molecule has 2 heteroatoms. The van der Waals surface area contributed by atoms with Crippen LogP contribution in [0.1, 0.15) is 50.3 Å². The molecule has 1 nitrogen and oxygen atoms in total. The zero-order chi connectivity index (χ0) is 14.5. The first-order valence-electron chi connectivity index (χ1n) is 7.22. The molecule has 1 atom stereocenters. The molecule has 0 bridgehead atoms. The number of rotatable bonds is 5. The smallest absolute Gasteiger partial charge is 0.123 e. The van der Waals surface area contributed by atoms with Crippen LogP contribution in [0.25, 0.3) is 0 Å². The molecule has 0 aromatic heterocycles. The SMILES string of the molecule is CCC(Nc1cccc(C(C)C)c1)c1ccc(F)cc1. The number of anilines is 1. The monoisotopic (exact) mass is 271 g/mol. The van der Waals surface area contributed by atoms with Gasteiger partial charge in [-0.15, -0.1) is 0 Å². The second-order valence-electron chi connectivity index (χ2n) is 5.44. The molecular formula is C18H22FN. The van der Waals surface area contributed by atoms with E-state index >= 15 is 0 Å². The van der Waals surface area contributed by atoms with Gasteiger partial charge in [0, 0.05) is 5.69 Å². The second-order valence-corrected chi connectivity index (χ2v) is 5.44. The van der Waals surface area contributed by atoms with Crippen LogP contribution in [0.5, 0.6) is 0 Å². The first-order chi connectivity index (χ1) is 9.60. The maximum atomic E-state index is 13.0. The van der Waals surface area contributed by atoms with Gasteiger partial charge in [-0.2, -0.15) is 0 Å². The van der Waals surface area contributed by atoms with Gasteiger partial charge in [-0.05, 0) is 47.7 Å². The molecule has 106 valence electrons. The third-order valence-corrected chi connectivity index (χ3v) is 3.57. The van der Waals surface area contributed by atoms with Gasteiger partial charge in [0.15, 0.2) is 0 Å². The van der Waals surface area contributed by atoms with Crippen LogP contribution in [0.4, 0.5) is 10.1 Å². The molecule has 2 aromatic carbocycles. The Morgan fingerprint density at radius 1 is 1.00 bits per heavy atom. The summed E-state index contributed by atoms with van der Waals surface area (Å²) in [7, 11) is 0. The van der Waals surface area contributed by atoms with Gasteiger partial charge < -0.3 is 5.32 Å². The predicted octanol–water partition coefficient (Wildman–Crippen LogP) is 5.51. The average molecular weight is 271 g/mol. The molecule has 0 heterocycles. The summed E-state index contributed by atoms with van der Waals surface area (Å²) in [5.74, 6) is 0.327. The van der Waals surface area contributed by atoms with Crippen LogP contribution in [-0.4, -0.2) is 0 Å². The van der Waals surface area contributed by atoms with Crippen molar-refractivity contribution in [2.45, 2.75) is 39.2 Å². The van der Waals surface area contributed by atoms with Gasteiger partial charge in [0.1, 0.15) is 5.82 Å². The molecule has 0 aliphatic rings. The van der Waals surface area contributed by atoms with Crippen LogP contribution in [-0.2, 0) is 0 Å². The Morgan fingerprint density at radius 2 is 1.70 bits per heavy atom. The molecule has 0 radical (unpaired) electrons. The summed E-state index contributed by atoms with van der Waals surface area (Å²) in [6.45, 7) is 6.51. The van der Waals surface area contributed by atoms with E-state index in [-0.39, 0.29) is 11.9 Å². The third-order valence-electron chi connectivity index (χ3n) is 3.57. The lowest BCUT2D eigenvalue weighted by Gasteiger charge is -2.20. The summed E-state index contributed by atoms with van der Waals surface area (Å²) in [4.78, 5) is 0. The zero-order valence-electron chi connectivity index (χ0n) is 12.4. The second kappa shape index (κ2) is 6.56. The molecule has 1 N–H and O–H groups in total. The summed E-state index contributed by atoms with van der Waals surface area (Å²) in [5.41, 5.74) is 3.56. The van der Waals surface area contributed by atoms with Gasteiger partial charge in [0.05, 0.1) is 6.04 Å². The Kier molecular flexibility index (Phi) is 4.78. The van der Waals surface area contributed by atoms with E-state index in [2.05, 4.69) is 50.4 Å². The van der Waals surface area contributed by atoms with E-state index < -0.39 is 0 Å². The Hall–Kier alpha value is -1.83. The maximum absolute atomic E-state index is 13.0. The highest BCUT2D eigenvalue weighted by molar-refractivity contribution is 5.48. The largest absolute Gasteiger partial charge is 0.378 e. The molecule has 0 spiro atoms. The van der Waals surface area contributed by atoms with E-state index in [9.17, 15) is 4.39 Å². The fourth-order valence-electron chi connectivity index (χ4n) is 2.30. The van der Waals surface area contributed by atoms with Crippen molar-refractivity contribution < 1.29 is 4.39 Å². The van der Waals surface area contributed by atoms with Crippen molar-refractivity contribution in [3.63, 3.8) is 0 Å². The Labute approximate surface area is 120 Å². The fourth-order valence-corrected chi connectivity index (χ4v) is 2.30. The first kappa shape index (κ1) is 14.6. The van der Waals surface area contributed by atoms with Crippen molar-refractivity contribution in [1.82, 2.24) is 0 Å². The van der Waals surface area contributed by atoms with Crippen molar-refractivity contribution in [3.8, 4) is 0 Å². The lowest BCUT2D eigenvalue weighted by Crippen LogP contribution is -2.10. The number of hydrogen-bond acceptors (Lipinski definition) is 1. The molecule has 2 aromatic rings.